The third kappa shape index (κ3) is 7.77. The average molecular weight is 541 g/mol. The van der Waals surface area contributed by atoms with Crippen molar-refractivity contribution in [1.82, 2.24) is 0 Å². The Morgan fingerprint density at radius 1 is 1.08 bits per heavy atom. The van der Waals surface area contributed by atoms with Gasteiger partial charge in [-0.15, -0.1) is 0 Å². The second kappa shape index (κ2) is 13.4. The zero-order valence-corrected chi connectivity index (χ0v) is 22.4. The Hall–Kier alpha value is -3.47. The third-order valence-electron chi connectivity index (χ3n) is 5.59. The van der Waals surface area contributed by atoms with Crippen LogP contribution in [0.25, 0.3) is 6.08 Å². The highest BCUT2D eigenvalue weighted by molar-refractivity contribution is 7.99. The van der Waals surface area contributed by atoms with Crippen molar-refractivity contribution in [1.29, 1.82) is 0 Å². The van der Waals surface area contributed by atoms with Crippen molar-refractivity contribution in [3.05, 3.63) is 71.3 Å². The van der Waals surface area contributed by atoms with Gasteiger partial charge in [0.1, 0.15) is 19.3 Å². The van der Waals surface area contributed by atoms with Crippen molar-refractivity contribution in [2.24, 2.45) is 10.5 Å². The highest BCUT2D eigenvalue weighted by Crippen LogP contribution is 2.26. The summed E-state index contributed by atoms with van der Waals surface area (Å²) < 4.78 is 10.3. The normalized spacial score (nSPS) is 15.4. The van der Waals surface area contributed by atoms with Gasteiger partial charge in [-0.25, -0.2) is 4.79 Å². The van der Waals surface area contributed by atoms with Crippen LogP contribution in [0.5, 0.6) is 0 Å². The average Bonchev–Trinajstić information content (AvgIpc) is 3.19. The maximum absolute atomic E-state index is 12.9. The van der Waals surface area contributed by atoms with Gasteiger partial charge >= 0.3 is 11.9 Å². The summed E-state index contributed by atoms with van der Waals surface area (Å²) in [6.07, 6.45) is 0.602. The molecule has 9 nitrogen and oxygen atoms in total. The molecule has 0 aromatic heterocycles. The maximum Gasteiger partial charge on any atom is 0.338 e. The zero-order valence-electron chi connectivity index (χ0n) is 21.6. The molecule has 0 spiro atoms. The molecule has 10 heteroatoms. The minimum atomic E-state index is -1.18. The number of aliphatic hydroxyl groups excluding tert-OH is 2. The van der Waals surface area contributed by atoms with E-state index < -0.39 is 23.5 Å². The highest BCUT2D eigenvalue weighted by Gasteiger charge is 2.30. The van der Waals surface area contributed by atoms with Crippen LogP contribution >= 0.6 is 11.8 Å². The van der Waals surface area contributed by atoms with Gasteiger partial charge in [0.25, 0.3) is 5.91 Å². The molecule has 1 amide bonds. The van der Waals surface area contributed by atoms with Gasteiger partial charge in [-0.05, 0) is 56.7 Å². The molecule has 2 N–H and O–H groups in total. The topological polar surface area (TPSA) is 126 Å². The van der Waals surface area contributed by atoms with Gasteiger partial charge in [-0.1, -0.05) is 30.3 Å². The first kappa shape index (κ1) is 29.1. The summed E-state index contributed by atoms with van der Waals surface area (Å²) in [4.78, 5) is 37.6. The lowest BCUT2D eigenvalue weighted by molar-refractivity contribution is -0.156. The third-order valence-corrected chi connectivity index (χ3v) is 6.98. The van der Waals surface area contributed by atoms with Crippen molar-refractivity contribution in [3.8, 4) is 0 Å². The van der Waals surface area contributed by atoms with E-state index in [4.69, 9.17) is 14.6 Å². The fraction of sp³-hybridized carbons (Fsp3) is 0.357. The number of hydrogen-bond donors (Lipinski definition) is 2. The van der Waals surface area contributed by atoms with Crippen molar-refractivity contribution in [2.75, 3.05) is 36.3 Å². The Labute approximate surface area is 226 Å². The molecule has 1 aliphatic heterocycles. The number of aliphatic hydroxyl groups is 2. The van der Waals surface area contributed by atoms with Crippen LogP contribution in [-0.4, -0.2) is 71.2 Å². The van der Waals surface area contributed by atoms with Gasteiger partial charge in [0.15, 0.2) is 0 Å². The van der Waals surface area contributed by atoms with Crippen molar-refractivity contribution in [2.45, 2.75) is 26.9 Å². The van der Waals surface area contributed by atoms with Gasteiger partial charge in [-0.3, -0.25) is 9.59 Å². The first-order valence-electron chi connectivity index (χ1n) is 12.1. The molecular weight excluding hydrogens is 508 g/mol. The van der Waals surface area contributed by atoms with E-state index in [0.717, 1.165) is 5.56 Å². The van der Waals surface area contributed by atoms with Gasteiger partial charge < -0.3 is 19.7 Å². The number of esters is 2. The molecule has 1 unspecified atom stereocenters. The van der Waals surface area contributed by atoms with Gasteiger partial charge in [-0.2, -0.15) is 21.9 Å². The van der Waals surface area contributed by atoms with Crippen molar-refractivity contribution >= 4 is 47.1 Å². The number of hydrazone groups is 1. The largest absolute Gasteiger partial charge is 0.462 e. The first-order chi connectivity index (χ1) is 18.1. The molecule has 3 rings (SSSR count). The van der Waals surface area contributed by atoms with Gasteiger partial charge in [0.05, 0.1) is 34.6 Å². The molecule has 0 bridgehead atoms. The molecule has 202 valence electrons. The maximum atomic E-state index is 12.9. The van der Waals surface area contributed by atoms with Crippen molar-refractivity contribution in [3.63, 3.8) is 0 Å². The predicted octanol–water partition coefficient (Wildman–Crippen LogP) is 3.31. The van der Waals surface area contributed by atoms with Crippen LogP contribution in [0.4, 0.5) is 5.69 Å². The molecule has 0 aliphatic carbocycles. The van der Waals surface area contributed by atoms with E-state index >= 15 is 0 Å². The highest BCUT2D eigenvalue weighted by atomic mass is 32.2. The number of thioether (sulfide) groups is 1. The van der Waals surface area contributed by atoms with E-state index in [-0.39, 0.29) is 31.3 Å². The Morgan fingerprint density at radius 3 is 2.39 bits per heavy atom. The predicted molar refractivity (Wildman–Crippen MR) is 147 cm³/mol. The van der Waals surface area contributed by atoms with Crippen LogP contribution in [0.3, 0.4) is 0 Å². The summed E-state index contributed by atoms with van der Waals surface area (Å²) in [7, 11) is 0. The van der Waals surface area contributed by atoms with Gasteiger partial charge in [0, 0.05) is 11.5 Å². The standard InChI is InChI=1S/C28H32N2O7S/c1-19-24(15-20-7-5-4-6-8-20)25(33)30(29-19)22-11-9-21(10-12-22)26(34)36-16-23(32)17-37-27(35)28(2,3)18-38-14-13-31/h4-12,15,23,31-32H,13-14,16-18H2,1-3H3/b24-15-. The van der Waals surface area contributed by atoms with Crippen LogP contribution in [0.2, 0.25) is 0 Å². The SMILES string of the molecule is CC1=NN(c2ccc(C(=O)OCC(O)COC(=O)C(C)(C)CSCCO)cc2)C(=O)/C1=C\c1ccccc1. The van der Waals surface area contributed by atoms with Crippen LogP contribution in [0.1, 0.15) is 36.7 Å². The van der Waals surface area contributed by atoms with Crippen molar-refractivity contribution < 1.29 is 34.1 Å². The number of rotatable bonds is 12. The molecular formula is C28H32N2O7S. The lowest BCUT2D eigenvalue weighted by Gasteiger charge is -2.23. The second-order valence-electron chi connectivity index (χ2n) is 9.33. The monoisotopic (exact) mass is 540 g/mol. The van der Waals surface area contributed by atoms with Gasteiger partial charge in [0.2, 0.25) is 0 Å². The quantitative estimate of drug-likeness (QED) is 0.239. The fourth-order valence-corrected chi connectivity index (χ4v) is 4.34. The summed E-state index contributed by atoms with van der Waals surface area (Å²) in [6, 6.07) is 15.7. The number of hydrogen-bond acceptors (Lipinski definition) is 9. The van der Waals surface area contributed by atoms with E-state index in [1.54, 1.807) is 39.0 Å². The summed E-state index contributed by atoms with van der Waals surface area (Å²) in [6.45, 7) is 4.57. The lowest BCUT2D eigenvalue weighted by atomic mass is 9.97. The second-order valence-corrected chi connectivity index (χ2v) is 10.4. The molecule has 1 atom stereocenters. The van der Waals surface area contributed by atoms with Crippen LogP contribution in [0.15, 0.2) is 65.3 Å². The minimum absolute atomic E-state index is 0.0274. The molecule has 2 aromatic carbocycles. The number of nitrogens with zero attached hydrogens (tertiary/aromatic N) is 2. The van der Waals surface area contributed by atoms with E-state index in [1.807, 2.05) is 30.3 Å². The molecule has 1 aliphatic rings. The Balaban J connectivity index is 1.50. The molecule has 0 fully saturated rings. The number of amides is 1. The fourth-order valence-electron chi connectivity index (χ4n) is 3.44. The number of ether oxygens (including phenoxy) is 2. The van der Waals surface area contributed by atoms with E-state index in [2.05, 4.69) is 5.10 Å². The molecule has 2 aromatic rings. The summed E-state index contributed by atoms with van der Waals surface area (Å²) in [5.74, 6) is -0.440. The summed E-state index contributed by atoms with van der Waals surface area (Å²) >= 11 is 1.43. The molecule has 0 saturated carbocycles. The lowest BCUT2D eigenvalue weighted by Crippen LogP contribution is -2.33. The Bertz CT molecular complexity index is 1190. The Morgan fingerprint density at radius 2 is 1.74 bits per heavy atom. The number of anilines is 1. The molecule has 0 radical (unpaired) electrons. The molecule has 1 heterocycles. The molecule has 38 heavy (non-hydrogen) atoms. The van der Waals surface area contributed by atoms with E-state index in [0.29, 0.717) is 28.5 Å². The smallest absolute Gasteiger partial charge is 0.338 e. The van der Waals surface area contributed by atoms with E-state index in [9.17, 15) is 19.5 Å². The Kier molecular flexibility index (Phi) is 10.2. The van der Waals surface area contributed by atoms with Crippen LogP contribution in [-0.2, 0) is 19.1 Å². The zero-order chi connectivity index (χ0) is 27.7. The van der Waals surface area contributed by atoms with Crippen LogP contribution < -0.4 is 5.01 Å². The summed E-state index contributed by atoms with van der Waals surface area (Å²) in [5.41, 5.74) is 1.91. The van der Waals surface area contributed by atoms with Crippen LogP contribution in [0, 0.1) is 5.41 Å². The minimum Gasteiger partial charge on any atom is -0.462 e. The number of carbonyl (C=O) groups excluding carboxylic acids is 3. The van der Waals surface area contributed by atoms with E-state index in [1.165, 1.54) is 28.9 Å². The first-order valence-corrected chi connectivity index (χ1v) is 13.3. The molecule has 0 saturated heterocycles. The number of carbonyl (C=O) groups is 3. The summed E-state index contributed by atoms with van der Waals surface area (Å²) in [5, 5.41) is 24.6. The number of benzene rings is 2.